The highest BCUT2D eigenvalue weighted by atomic mass is 32.1. The number of hydrogen-bond acceptors (Lipinski definition) is 2. The van der Waals surface area contributed by atoms with Crippen LogP contribution in [0.2, 0.25) is 0 Å². The predicted molar refractivity (Wildman–Crippen MR) is 66.8 cm³/mol. The van der Waals surface area contributed by atoms with Gasteiger partial charge in [-0.15, -0.1) is 0 Å². The van der Waals surface area contributed by atoms with E-state index in [-0.39, 0.29) is 0 Å². The lowest BCUT2D eigenvalue weighted by atomic mass is 10.2. The van der Waals surface area contributed by atoms with E-state index in [1.165, 1.54) is 11.1 Å². The van der Waals surface area contributed by atoms with E-state index in [9.17, 15) is 0 Å². The van der Waals surface area contributed by atoms with Crippen LogP contribution < -0.4 is 10.6 Å². The summed E-state index contributed by atoms with van der Waals surface area (Å²) in [7, 11) is 0. The van der Waals surface area contributed by atoms with Gasteiger partial charge in [0.25, 0.3) is 0 Å². The molecule has 0 aliphatic carbocycles. The van der Waals surface area contributed by atoms with E-state index in [2.05, 4.69) is 42.2 Å². The molecule has 0 spiro atoms. The fourth-order valence-corrected chi connectivity index (χ4v) is 2.22. The summed E-state index contributed by atoms with van der Waals surface area (Å²) in [6, 6.07) is 0.388. The van der Waals surface area contributed by atoms with Gasteiger partial charge in [-0.2, -0.15) is 11.3 Å². The molecule has 0 fully saturated rings. The molecular weight excluding hydrogens is 212 g/mol. The molecule has 14 heavy (non-hydrogen) atoms. The van der Waals surface area contributed by atoms with Crippen LogP contribution in [0, 0.1) is 6.92 Å². The lowest BCUT2D eigenvalue weighted by Gasteiger charge is -2.12. The Labute approximate surface area is 94.7 Å². The van der Waals surface area contributed by atoms with Crippen LogP contribution in [-0.2, 0) is 6.54 Å². The average Bonchev–Trinajstić information content (AvgIpc) is 2.46. The molecular formula is C10H16N2S2. The van der Waals surface area contributed by atoms with E-state index < -0.39 is 0 Å². The molecule has 0 atom stereocenters. The van der Waals surface area contributed by atoms with Crippen LogP contribution in [0.15, 0.2) is 10.8 Å². The first-order valence-corrected chi connectivity index (χ1v) is 6.00. The van der Waals surface area contributed by atoms with Crippen LogP contribution in [0.3, 0.4) is 0 Å². The normalized spacial score (nSPS) is 10.3. The van der Waals surface area contributed by atoms with Crippen molar-refractivity contribution in [1.29, 1.82) is 0 Å². The van der Waals surface area contributed by atoms with Crippen molar-refractivity contribution >= 4 is 28.7 Å². The third kappa shape index (κ3) is 3.64. The van der Waals surface area contributed by atoms with E-state index in [0.29, 0.717) is 6.04 Å². The van der Waals surface area contributed by atoms with Gasteiger partial charge in [0.05, 0.1) is 0 Å². The summed E-state index contributed by atoms with van der Waals surface area (Å²) in [5.41, 5.74) is 2.65. The Morgan fingerprint density at radius 2 is 2.21 bits per heavy atom. The second-order valence-electron chi connectivity index (χ2n) is 3.56. The lowest BCUT2D eigenvalue weighted by molar-refractivity contribution is 0.712. The first kappa shape index (κ1) is 11.5. The minimum Gasteiger partial charge on any atom is -0.361 e. The van der Waals surface area contributed by atoms with Crippen molar-refractivity contribution in [2.24, 2.45) is 0 Å². The monoisotopic (exact) mass is 228 g/mol. The third-order valence-corrected chi connectivity index (χ3v) is 2.99. The smallest absolute Gasteiger partial charge is 0.166 e. The molecule has 0 amide bonds. The molecule has 1 aromatic heterocycles. The standard InChI is InChI=1S/C10H16N2S2/c1-7(2)12-10(13)11-4-9-6-14-5-8(9)3/h5-7H,4H2,1-3H3,(H2,11,12,13). The van der Waals surface area contributed by atoms with Gasteiger partial charge in [-0.1, -0.05) is 0 Å². The Kier molecular flexibility index (Phi) is 4.35. The van der Waals surface area contributed by atoms with E-state index in [4.69, 9.17) is 12.2 Å². The van der Waals surface area contributed by atoms with Crippen LogP contribution in [0.25, 0.3) is 0 Å². The van der Waals surface area contributed by atoms with Gasteiger partial charge in [0, 0.05) is 12.6 Å². The maximum absolute atomic E-state index is 5.13. The van der Waals surface area contributed by atoms with Gasteiger partial charge in [-0.3, -0.25) is 0 Å². The van der Waals surface area contributed by atoms with E-state index in [1.807, 2.05) is 0 Å². The number of rotatable bonds is 3. The van der Waals surface area contributed by atoms with Gasteiger partial charge in [0.15, 0.2) is 5.11 Å². The molecule has 0 saturated carbocycles. The summed E-state index contributed by atoms with van der Waals surface area (Å²) < 4.78 is 0. The molecule has 0 aliphatic rings. The van der Waals surface area contributed by atoms with Crippen molar-refractivity contribution < 1.29 is 0 Å². The lowest BCUT2D eigenvalue weighted by Crippen LogP contribution is -2.38. The fraction of sp³-hybridized carbons (Fsp3) is 0.500. The zero-order valence-corrected chi connectivity index (χ0v) is 10.4. The zero-order chi connectivity index (χ0) is 10.6. The molecule has 0 saturated heterocycles. The number of thiophene rings is 1. The van der Waals surface area contributed by atoms with Crippen LogP contribution in [0.4, 0.5) is 0 Å². The summed E-state index contributed by atoms with van der Waals surface area (Å²) in [6.07, 6.45) is 0. The Morgan fingerprint density at radius 3 is 2.71 bits per heavy atom. The van der Waals surface area contributed by atoms with Crippen LogP contribution >= 0.6 is 23.6 Å². The van der Waals surface area contributed by atoms with E-state index >= 15 is 0 Å². The Morgan fingerprint density at radius 1 is 1.50 bits per heavy atom. The van der Waals surface area contributed by atoms with Gasteiger partial charge in [-0.25, -0.2) is 0 Å². The summed E-state index contributed by atoms with van der Waals surface area (Å²) in [5.74, 6) is 0. The SMILES string of the molecule is Cc1cscc1CNC(=S)NC(C)C. The molecule has 0 aliphatic heterocycles. The largest absolute Gasteiger partial charge is 0.361 e. The molecule has 4 heteroatoms. The summed E-state index contributed by atoms with van der Waals surface area (Å²) in [4.78, 5) is 0. The van der Waals surface area contributed by atoms with Gasteiger partial charge in [0.1, 0.15) is 0 Å². The summed E-state index contributed by atoms with van der Waals surface area (Å²) >= 11 is 6.86. The van der Waals surface area contributed by atoms with Crippen LogP contribution in [0.5, 0.6) is 0 Å². The molecule has 0 radical (unpaired) electrons. The topological polar surface area (TPSA) is 24.1 Å². The zero-order valence-electron chi connectivity index (χ0n) is 8.76. The van der Waals surface area contributed by atoms with Crippen molar-refractivity contribution in [3.8, 4) is 0 Å². The maximum Gasteiger partial charge on any atom is 0.166 e. The molecule has 0 bridgehead atoms. The second kappa shape index (κ2) is 5.32. The van der Waals surface area contributed by atoms with Crippen molar-refractivity contribution in [2.45, 2.75) is 33.4 Å². The molecule has 1 heterocycles. The van der Waals surface area contributed by atoms with E-state index in [1.54, 1.807) is 11.3 Å². The second-order valence-corrected chi connectivity index (χ2v) is 4.71. The third-order valence-electron chi connectivity index (χ3n) is 1.82. The van der Waals surface area contributed by atoms with Gasteiger partial charge < -0.3 is 10.6 Å². The first-order valence-electron chi connectivity index (χ1n) is 4.65. The fourth-order valence-electron chi connectivity index (χ4n) is 1.06. The minimum atomic E-state index is 0.388. The number of hydrogen-bond donors (Lipinski definition) is 2. The predicted octanol–water partition coefficient (Wildman–Crippen LogP) is 2.43. The maximum atomic E-state index is 5.13. The highest BCUT2D eigenvalue weighted by Gasteiger charge is 2.01. The Bertz CT molecular complexity index is 305. The van der Waals surface area contributed by atoms with Crippen molar-refractivity contribution in [1.82, 2.24) is 10.6 Å². The van der Waals surface area contributed by atoms with Crippen molar-refractivity contribution in [3.05, 3.63) is 21.9 Å². The number of nitrogens with one attached hydrogen (secondary N) is 2. The Hall–Kier alpha value is -0.610. The molecule has 2 N–H and O–H groups in total. The molecule has 78 valence electrons. The quantitative estimate of drug-likeness (QED) is 0.777. The van der Waals surface area contributed by atoms with Crippen LogP contribution in [-0.4, -0.2) is 11.2 Å². The minimum absolute atomic E-state index is 0.388. The molecule has 1 aromatic rings. The van der Waals surface area contributed by atoms with Crippen molar-refractivity contribution in [3.63, 3.8) is 0 Å². The number of thiocarbonyl (C=S) groups is 1. The average molecular weight is 228 g/mol. The first-order chi connectivity index (χ1) is 6.59. The summed E-state index contributed by atoms with van der Waals surface area (Å²) in [5, 5.41) is 11.4. The van der Waals surface area contributed by atoms with Gasteiger partial charge in [0.2, 0.25) is 0 Å². The molecule has 1 rings (SSSR count). The highest BCUT2D eigenvalue weighted by molar-refractivity contribution is 7.80. The Balaban J connectivity index is 2.34. The van der Waals surface area contributed by atoms with Gasteiger partial charge >= 0.3 is 0 Å². The summed E-state index contributed by atoms with van der Waals surface area (Å²) in [6.45, 7) is 7.08. The van der Waals surface area contributed by atoms with Crippen molar-refractivity contribution in [2.75, 3.05) is 0 Å². The highest BCUT2D eigenvalue weighted by Crippen LogP contribution is 2.12. The number of aryl methyl sites for hydroxylation is 1. The van der Waals surface area contributed by atoms with Crippen LogP contribution in [0.1, 0.15) is 25.0 Å². The molecule has 0 unspecified atom stereocenters. The molecule has 2 nitrogen and oxygen atoms in total. The molecule has 0 aromatic carbocycles. The van der Waals surface area contributed by atoms with E-state index in [0.717, 1.165) is 11.7 Å². The van der Waals surface area contributed by atoms with Gasteiger partial charge in [-0.05, 0) is 54.9 Å².